The lowest BCUT2D eigenvalue weighted by Crippen LogP contribution is -2.13. The maximum absolute atomic E-state index is 12.4. The standard InChI is InChI=1S/C23H15Cl2N3O5/c24-19-2-1-3-20(25)18(19)13-33-17-7-4-14(5-8-17)10-15(12-26)23(30)27-21-9-6-16(28(31)32)11-22(21)29/h1-11,29H,13H2,(H,27,30). The van der Waals surface area contributed by atoms with E-state index in [1.807, 2.05) is 0 Å². The van der Waals surface area contributed by atoms with Crippen molar-refractivity contribution in [2.24, 2.45) is 0 Å². The minimum Gasteiger partial charge on any atom is -0.506 e. The number of ether oxygens (including phenoxy) is 1. The van der Waals surface area contributed by atoms with Crippen molar-refractivity contribution >= 4 is 46.6 Å². The fourth-order valence-electron chi connectivity index (χ4n) is 2.73. The average Bonchev–Trinajstić information content (AvgIpc) is 2.79. The van der Waals surface area contributed by atoms with Gasteiger partial charge in [0.05, 0.1) is 16.7 Å². The van der Waals surface area contributed by atoms with Crippen LogP contribution in [0.2, 0.25) is 10.0 Å². The van der Waals surface area contributed by atoms with Crippen LogP contribution in [-0.2, 0) is 11.4 Å². The van der Waals surface area contributed by atoms with Crippen LogP contribution >= 0.6 is 23.2 Å². The van der Waals surface area contributed by atoms with Crippen molar-refractivity contribution in [3.63, 3.8) is 0 Å². The van der Waals surface area contributed by atoms with E-state index in [0.29, 0.717) is 26.9 Å². The molecule has 0 spiro atoms. The molecule has 3 aromatic rings. The summed E-state index contributed by atoms with van der Waals surface area (Å²) in [6, 6.07) is 16.8. The van der Waals surface area contributed by atoms with Gasteiger partial charge in [0.2, 0.25) is 0 Å². The van der Waals surface area contributed by atoms with Crippen LogP contribution in [0.5, 0.6) is 11.5 Å². The van der Waals surface area contributed by atoms with Crippen molar-refractivity contribution in [2.45, 2.75) is 6.61 Å². The van der Waals surface area contributed by atoms with Crippen LogP contribution < -0.4 is 10.1 Å². The van der Waals surface area contributed by atoms with Gasteiger partial charge in [-0.1, -0.05) is 41.4 Å². The van der Waals surface area contributed by atoms with Crippen LogP contribution in [0.4, 0.5) is 11.4 Å². The maximum atomic E-state index is 12.4. The quantitative estimate of drug-likeness (QED) is 0.145. The Hall–Kier alpha value is -4.06. The van der Waals surface area contributed by atoms with Gasteiger partial charge in [-0.2, -0.15) is 5.26 Å². The Morgan fingerprint density at radius 2 is 1.82 bits per heavy atom. The SMILES string of the molecule is N#CC(=Cc1ccc(OCc2c(Cl)cccc2Cl)cc1)C(=O)Nc1ccc([N+](=O)[O-])cc1O. The van der Waals surface area contributed by atoms with Gasteiger partial charge >= 0.3 is 0 Å². The van der Waals surface area contributed by atoms with E-state index in [-0.39, 0.29) is 23.6 Å². The number of nitrogens with one attached hydrogen (secondary N) is 1. The number of non-ortho nitro benzene ring substituents is 1. The first kappa shape index (κ1) is 23.6. The van der Waals surface area contributed by atoms with Crippen molar-refractivity contribution < 1.29 is 19.6 Å². The second kappa shape index (κ2) is 10.5. The van der Waals surface area contributed by atoms with Crippen molar-refractivity contribution in [2.75, 3.05) is 5.32 Å². The smallest absolute Gasteiger partial charge is 0.273 e. The first-order valence-electron chi connectivity index (χ1n) is 9.35. The number of rotatable bonds is 7. The number of carbonyl (C=O) groups excluding carboxylic acids is 1. The number of carbonyl (C=O) groups is 1. The van der Waals surface area contributed by atoms with E-state index in [9.17, 15) is 25.3 Å². The number of phenols is 1. The van der Waals surface area contributed by atoms with Crippen molar-refractivity contribution in [3.8, 4) is 17.6 Å². The maximum Gasteiger partial charge on any atom is 0.273 e. The van der Waals surface area contributed by atoms with Crippen LogP contribution in [0, 0.1) is 21.4 Å². The summed E-state index contributed by atoms with van der Waals surface area (Å²) in [6.45, 7) is 0.165. The van der Waals surface area contributed by atoms with Crippen LogP contribution in [0.3, 0.4) is 0 Å². The third-order valence-corrected chi connectivity index (χ3v) is 5.15. The molecule has 0 aliphatic rings. The van der Waals surface area contributed by atoms with Gasteiger partial charge in [0, 0.05) is 21.7 Å². The Labute approximate surface area is 198 Å². The number of nitro groups is 1. The number of amides is 1. The number of nitro benzene ring substituents is 1. The summed E-state index contributed by atoms with van der Waals surface area (Å²) in [5, 5.41) is 33.3. The summed E-state index contributed by atoms with van der Waals surface area (Å²) in [5.74, 6) is -0.743. The molecule has 0 saturated heterocycles. The van der Waals surface area contributed by atoms with Gasteiger partial charge in [0.25, 0.3) is 11.6 Å². The highest BCUT2D eigenvalue weighted by Gasteiger charge is 2.15. The zero-order valence-electron chi connectivity index (χ0n) is 16.8. The molecule has 0 bridgehead atoms. The molecule has 3 aromatic carbocycles. The van der Waals surface area contributed by atoms with E-state index < -0.39 is 16.6 Å². The average molecular weight is 484 g/mol. The van der Waals surface area contributed by atoms with Crippen LogP contribution in [0.15, 0.2) is 66.2 Å². The van der Waals surface area contributed by atoms with Gasteiger partial charge in [0.1, 0.15) is 29.7 Å². The highest BCUT2D eigenvalue weighted by Crippen LogP contribution is 2.29. The number of halogens is 2. The second-order valence-electron chi connectivity index (χ2n) is 6.64. The molecule has 10 heteroatoms. The van der Waals surface area contributed by atoms with E-state index in [0.717, 1.165) is 12.1 Å². The largest absolute Gasteiger partial charge is 0.506 e. The topological polar surface area (TPSA) is 125 Å². The molecule has 0 aliphatic heterocycles. The molecule has 1 amide bonds. The third-order valence-electron chi connectivity index (χ3n) is 4.44. The number of hydrogen-bond donors (Lipinski definition) is 2. The molecule has 8 nitrogen and oxygen atoms in total. The van der Waals surface area contributed by atoms with Gasteiger partial charge in [-0.05, 0) is 42.0 Å². The highest BCUT2D eigenvalue weighted by molar-refractivity contribution is 6.35. The van der Waals surface area contributed by atoms with E-state index >= 15 is 0 Å². The molecular formula is C23H15Cl2N3O5. The molecule has 0 unspecified atom stereocenters. The zero-order valence-corrected chi connectivity index (χ0v) is 18.3. The number of phenolic OH excluding ortho intramolecular Hbond substituents is 1. The number of hydrogen-bond acceptors (Lipinski definition) is 6. The Morgan fingerprint density at radius 3 is 2.39 bits per heavy atom. The third kappa shape index (κ3) is 6.01. The molecule has 0 aliphatic carbocycles. The molecule has 0 heterocycles. The van der Waals surface area contributed by atoms with Crippen molar-refractivity contribution in [1.82, 2.24) is 0 Å². The lowest BCUT2D eigenvalue weighted by Gasteiger charge is -2.10. The van der Waals surface area contributed by atoms with Crippen LogP contribution in [-0.4, -0.2) is 15.9 Å². The summed E-state index contributed by atoms with van der Waals surface area (Å²) >= 11 is 12.3. The zero-order chi connectivity index (χ0) is 24.0. The number of anilines is 1. The Bertz CT molecular complexity index is 1260. The molecule has 0 aromatic heterocycles. The summed E-state index contributed by atoms with van der Waals surface area (Å²) in [6.07, 6.45) is 1.35. The minimum atomic E-state index is -0.782. The monoisotopic (exact) mass is 483 g/mol. The molecule has 0 atom stereocenters. The lowest BCUT2D eigenvalue weighted by molar-refractivity contribution is -0.384. The summed E-state index contributed by atoms with van der Waals surface area (Å²) in [7, 11) is 0. The van der Waals surface area contributed by atoms with Crippen molar-refractivity contribution in [1.29, 1.82) is 5.26 Å². The fraction of sp³-hybridized carbons (Fsp3) is 0.0435. The molecule has 166 valence electrons. The minimum absolute atomic E-state index is 0.0614. The highest BCUT2D eigenvalue weighted by atomic mass is 35.5. The van der Waals surface area contributed by atoms with Gasteiger partial charge in [-0.15, -0.1) is 0 Å². The lowest BCUT2D eigenvalue weighted by atomic mass is 10.1. The number of aromatic hydroxyl groups is 1. The summed E-state index contributed by atoms with van der Waals surface area (Å²) < 4.78 is 5.70. The summed E-state index contributed by atoms with van der Waals surface area (Å²) in [4.78, 5) is 22.5. The first-order chi connectivity index (χ1) is 15.8. The molecule has 3 rings (SSSR count). The molecule has 0 saturated carbocycles. The van der Waals surface area contributed by atoms with Gasteiger partial charge in [-0.25, -0.2) is 0 Å². The van der Waals surface area contributed by atoms with Gasteiger partial charge < -0.3 is 15.2 Å². The Balaban J connectivity index is 1.69. The van der Waals surface area contributed by atoms with Crippen LogP contribution in [0.1, 0.15) is 11.1 Å². The number of nitriles is 1. The van der Waals surface area contributed by atoms with Gasteiger partial charge in [-0.3, -0.25) is 14.9 Å². The van der Waals surface area contributed by atoms with E-state index in [1.165, 1.54) is 12.1 Å². The summed E-state index contributed by atoms with van der Waals surface area (Å²) in [5.41, 5.74) is 0.583. The molecule has 0 radical (unpaired) electrons. The predicted octanol–water partition coefficient (Wildman–Crippen LogP) is 5.73. The van der Waals surface area contributed by atoms with Crippen molar-refractivity contribution in [3.05, 3.63) is 97.5 Å². The van der Waals surface area contributed by atoms with E-state index in [2.05, 4.69) is 5.32 Å². The number of benzene rings is 3. The fourth-order valence-corrected chi connectivity index (χ4v) is 3.24. The normalized spacial score (nSPS) is 10.9. The van der Waals surface area contributed by atoms with Gasteiger partial charge in [0.15, 0.2) is 0 Å². The molecule has 2 N–H and O–H groups in total. The molecule has 0 fully saturated rings. The van der Waals surface area contributed by atoms with Crippen LogP contribution in [0.25, 0.3) is 6.08 Å². The number of nitrogens with zero attached hydrogens (tertiary/aromatic N) is 2. The second-order valence-corrected chi connectivity index (χ2v) is 7.45. The molecule has 33 heavy (non-hydrogen) atoms. The first-order valence-corrected chi connectivity index (χ1v) is 10.1. The van der Waals surface area contributed by atoms with E-state index in [1.54, 1.807) is 48.5 Å². The molecular weight excluding hydrogens is 469 g/mol. The predicted molar refractivity (Wildman–Crippen MR) is 124 cm³/mol. The Kier molecular flexibility index (Phi) is 7.51. The van der Waals surface area contributed by atoms with E-state index in [4.69, 9.17) is 27.9 Å². The Morgan fingerprint density at radius 1 is 1.15 bits per heavy atom.